The molecule has 0 spiro atoms. The highest BCUT2D eigenvalue weighted by Crippen LogP contribution is 2.47. The predicted molar refractivity (Wildman–Crippen MR) is 136 cm³/mol. The molecule has 0 saturated heterocycles. The van der Waals surface area contributed by atoms with E-state index in [1.807, 2.05) is 48.5 Å². The minimum atomic E-state index is -1.18. The van der Waals surface area contributed by atoms with Crippen molar-refractivity contribution in [3.63, 3.8) is 0 Å². The number of nitrogens with zero attached hydrogens (tertiary/aromatic N) is 1. The standard InChI is InChI=1S/C30H27FN2O4/c31-24-13-17(14-26(32)34)28-22(27(24)16-9-10-16)11-12-25(29(28)35)33(30(36)37)15-23-20-7-3-1-5-18(20)19-6-2-4-8-21(19)23/h1-8,13,16,23,25H,9-12,14-15H2,(H2,32,34)(H,36,37). The summed E-state index contributed by atoms with van der Waals surface area (Å²) >= 11 is 0. The van der Waals surface area contributed by atoms with Crippen molar-refractivity contribution in [3.8, 4) is 11.1 Å². The number of fused-ring (bicyclic) bond motifs is 4. The summed E-state index contributed by atoms with van der Waals surface area (Å²) in [6, 6.07) is 16.2. The van der Waals surface area contributed by atoms with Gasteiger partial charge in [0, 0.05) is 18.0 Å². The quantitative estimate of drug-likeness (QED) is 0.498. The summed E-state index contributed by atoms with van der Waals surface area (Å²) in [5.74, 6) is -1.58. The van der Waals surface area contributed by atoms with Crippen molar-refractivity contribution >= 4 is 17.8 Å². The largest absolute Gasteiger partial charge is 0.465 e. The van der Waals surface area contributed by atoms with Crippen LogP contribution in [0.1, 0.15) is 69.3 Å². The van der Waals surface area contributed by atoms with Crippen molar-refractivity contribution in [1.29, 1.82) is 0 Å². The summed E-state index contributed by atoms with van der Waals surface area (Å²) in [5.41, 5.74) is 11.4. The maximum absolute atomic E-state index is 15.1. The molecule has 7 heteroatoms. The SMILES string of the molecule is NC(=O)Cc1cc(F)c(C2CC2)c2c1C(=O)C(N(CC1c3ccccc3-c3ccccc31)C(=O)O)CC2. The van der Waals surface area contributed by atoms with Crippen LogP contribution >= 0.6 is 0 Å². The molecule has 3 aromatic rings. The topological polar surface area (TPSA) is 101 Å². The zero-order valence-electron chi connectivity index (χ0n) is 20.2. The molecule has 2 amide bonds. The van der Waals surface area contributed by atoms with Gasteiger partial charge in [-0.2, -0.15) is 0 Å². The Bertz CT molecular complexity index is 1420. The van der Waals surface area contributed by atoms with Crippen LogP contribution in [0.3, 0.4) is 0 Å². The third kappa shape index (κ3) is 3.89. The first-order valence-electron chi connectivity index (χ1n) is 12.7. The maximum atomic E-state index is 15.1. The van der Waals surface area contributed by atoms with Gasteiger partial charge in [-0.05, 0) is 76.6 Å². The third-order valence-corrected chi connectivity index (χ3v) is 8.04. The highest BCUT2D eigenvalue weighted by molar-refractivity contribution is 6.06. The molecular weight excluding hydrogens is 471 g/mol. The van der Waals surface area contributed by atoms with Crippen LogP contribution in [0.4, 0.5) is 9.18 Å². The van der Waals surface area contributed by atoms with Crippen LogP contribution in [-0.4, -0.2) is 40.4 Å². The number of carbonyl (C=O) groups is 3. The summed E-state index contributed by atoms with van der Waals surface area (Å²) in [6.07, 6.45) is 0.926. The van der Waals surface area contributed by atoms with E-state index in [0.717, 1.165) is 35.1 Å². The van der Waals surface area contributed by atoms with Gasteiger partial charge in [-0.1, -0.05) is 48.5 Å². The molecule has 1 fully saturated rings. The van der Waals surface area contributed by atoms with Gasteiger partial charge in [0.25, 0.3) is 0 Å². The van der Waals surface area contributed by atoms with E-state index in [2.05, 4.69) is 0 Å². The van der Waals surface area contributed by atoms with Crippen molar-refractivity contribution in [3.05, 3.63) is 93.8 Å². The number of carbonyl (C=O) groups excluding carboxylic acids is 2. The van der Waals surface area contributed by atoms with Crippen molar-refractivity contribution in [2.24, 2.45) is 5.73 Å². The second-order valence-corrected chi connectivity index (χ2v) is 10.3. The second kappa shape index (κ2) is 8.83. The number of nitrogens with two attached hydrogens (primary N) is 1. The van der Waals surface area contributed by atoms with Gasteiger partial charge in [0.05, 0.1) is 12.5 Å². The van der Waals surface area contributed by atoms with Gasteiger partial charge in [-0.25, -0.2) is 9.18 Å². The molecule has 3 aliphatic carbocycles. The molecule has 37 heavy (non-hydrogen) atoms. The van der Waals surface area contributed by atoms with Crippen LogP contribution in [0.5, 0.6) is 0 Å². The fourth-order valence-electron chi connectivity index (χ4n) is 6.35. The zero-order valence-corrected chi connectivity index (χ0v) is 20.2. The lowest BCUT2D eigenvalue weighted by Crippen LogP contribution is -2.48. The lowest BCUT2D eigenvalue weighted by Gasteiger charge is -2.35. The number of primary amides is 1. The molecule has 0 radical (unpaired) electrons. The third-order valence-electron chi connectivity index (χ3n) is 8.04. The molecule has 188 valence electrons. The number of rotatable bonds is 6. The Hall–Kier alpha value is -4.00. The number of amides is 2. The van der Waals surface area contributed by atoms with Gasteiger partial charge in [0.2, 0.25) is 5.91 Å². The Balaban J connectivity index is 1.40. The van der Waals surface area contributed by atoms with E-state index < -0.39 is 23.9 Å². The van der Waals surface area contributed by atoms with Crippen LogP contribution in [0, 0.1) is 5.82 Å². The van der Waals surface area contributed by atoms with Gasteiger partial charge in [0.1, 0.15) is 5.82 Å². The molecular formula is C30H27FN2O4. The number of Topliss-reactive ketones (excluding diaryl/α,β-unsaturated/α-hetero) is 1. The van der Waals surface area contributed by atoms with Crippen LogP contribution < -0.4 is 5.73 Å². The van der Waals surface area contributed by atoms with Gasteiger partial charge >= 0.3 is 6.09 Å². The van der Waals surface area contributed by atoms with E-state index in [-0.39, 0.29) is 48.1 Å². The van der Waals surface area contributed by atoms with E-state index in [1.165, 1.54) is 11.0 Å². The number of hydrogen-bond donors (Lipinski definition) is 2. The summed E-state index contributed by atoms with van der Waals surface area (Å²) in [5, 5.41) is 10.3. The molecule has 0 heterocycles. The number of hydrogen-bond acceptors (Lipinski definition) is 3. The number of ketones is 1. The average molecular weight is 499 g/mol. The minimum absolute atomic E-state index is 0.0720. The summed E-state index contributed by atoms with van der Waals surface area (Å²) < 4.78 is 15.1. The summed E-state index contributed by atoms with van der Waals surface area (Å²) in [6.45, 7) is 0.122. The van der Waals surface area contributed by atoms with E-state index in [1.54, 1.807) is 0 Å². The lowest BCUT2D eigenvalue weighted by molar-refractivity contribution is -0.117. The van der Waals surface area contributed by atoms with Gasteiger partial charge in [-0.15, -0.1) is 0 Å². The van der Waals surface area contributed by atoms with Crippen molar-refractivity contribution in [2.75, 3.05) is 6.54 Å². The van der Waals surface area contributed by atoms with Gasteiger partial charge in [0.15, 0.2) is 5.78 Å². The summed E-state index contributed by atoms with van der Waals surface area (Å²) in [7, 11) is 0. The summed E-state index contributed by atoms with van der Waals surface area (Å²) in [4.78, 5) is 39.6. The van der Waals surface area contributed by atoms with E-state index in [4.69, 9.17) is 5.73 Å². The van der Waals surface area contributed by atoms with Crippen LogP contribution in [0.25, 0.3) is 11.1 Å². The van der Waals surface area contributed by atoms with Crippen molar-refractivity contribution in [1.82, 2.24) is 4.90 Å². The van der Waals surface area contributed by atoms with E-state index >= 15 is 4.39 Å². The van der Waals surface area contributed by atoms with Crippen LogP contribution in [0.15, 0.2) is 54.6 Å². The average Bonchev–Trinajstić information content (AvgIpc) is 3.65. The van der Waals surface area contributed by atoms with E-state index in [9.17, 15) is 19.5 Å². The highest BCUT2D eigenvalue weighted by atomic mass is 19.1. The lowest BCUT2D eigenvalue weighted by atomic mass is 9.79. The number of halogens is 1. The molecule has 1 atom stereocenters. The Kier molecular flexibility index (Phi) is 5.59. The molecule has 6 rings (SSSR count). The molecule has 0 bridgehead atoms. The Morgan fingerprint density at radius 2 is 1.62 bits per heavy atom. The first-order valence-corrected chi connectivity index (χ1v) is 12.7. The minimum Gasteiger partial charge on any atom is -0.465 e. The predicted octanol–water partition coefficient (Wildman–Crippen LogP) is 5.02. The smallest absolute Gasteiger partial charge is 0.407 e. The second-order valence-electron chi connectivity index (χ2n) is 10.3. The number of carboxylic acid groups (broad SMARTS) is 1. The van der Waals surface area contributed by atoms with Crippen LogP contribution in [-0.2, 0) is 17.6 Å². The molecule has 3 aromatic carbocycles. The Labute approximate surface area is 213 Å². The fourth-order valence-corrected chi connectivity index (χ4v) is 6.35. The number of benzene rings is 3. The molecule has 6 nitrogen and oxygen atoms in total. The first-order chi connectivity index (χ1) is 17.8. The molecule has 0 aliphatic heterocycles. The zero-order chi connectivity index (χ0) is 25.8. The van der Waals surface area contributed by atoms with Gasteiger partial charge in [-0.3, -0.25) is 14.5 Å². The maximum Gasteiger partial charge on any atom is 0.407 e. The molecule has 3 aliphatic rings. The first kappa shape index (κ1) is 23.4. The van der Waals surface area contributed by atoms with Crippen molar-refractivity contribution < 1.29 is 23.9 Å². The molecule has 3 N–H and O–H groups in total. The normalized spacial score (nSPS) is 18.2. The fraction of sp³-hybridized carbons (Fsp3) is 0.300. The van der Waals surface area contributed by atoms with Gasteiger partial charge < -0.3 is 10.8 Å². The van der Waals surface area contributed by atoms with Crippen LogP contribution in [0.2, 0.25) is 0 Å². The molecule has 1 unspecified atom stereocenters. The van der Waals surface area contributed by atoms with Crippen molar-refractivity contribution in [2.45, 2.75) is 50.0 Å². The molecule has 0 aromatic heterocycles. The van der Waals surface area contributed by atoms with E-state index in [0.29, 0.717) is 17.5 Å². The highest BCUT2D eigenvalue weighted by Gasteiger charge is 2.42. The monoisotopic (exact) mass is 498 g/mol. The Morgan fingerprint density at radius 3 is 2.19 bits per heavy atom. The molecule has 1 saturated carbocycles. The Morgan fingerprint density at radius 1 is 1.00 bits per heavy atom.